The molecule has 0 saturated carbocycles. The number of rotatable bonds is 6. The second-order valence-corrected chi connectivity index (χ2v) is 5.23. The van der Waals surface area contributed by atoms with Crippen molar-refractivity contribution in [2.75, 3.05) is 26.8 Å². The molecule has 0 radical (unpaired) electrons. The molecule has 1 heterocycles. The minimum Gasteiger partial charge on any atom is -0.383 e. The Labute approximate surface area is 104 Å². The van der Waals surface area contributed by atoms with Gasteiger partial charge < -0.3 is 15.4 Å². The number of nitrogens with one attached hydrogen (secondary N) is 2. The standard InChI is InChI=1S/C13H26N2O2/c1-4-5-11(10-17-3)15-12(16)13(2)6-8-14-9-7-13/h11,14H,4-10H2,1-3H3,(H,15,16). The Morgan fingerprint density at radius 1 is 1.47 bits per heavy atom. The molecule has 1 rings (SSSR count). The summed E-state index contributed by atoms with van der Waals surface area (Å²) >= 11 is 0. The van der Waals surface area contributed by atoms with Crippen molar-refractivity contribution in [2.24, 2.45) is 5.41 Å². The molecule has 1 saturated heterocycles. The summed E-state index contributed by atoms with van der Waals surface area (Å²) in [6.45, 7) is 6.67. The highest BCUT2D eigenvalue weighted by atomic mass is 16.5. The molecule has 0 aliphatic carbocycles. The monoisotopic (exact) mass is 242 g/mol. The maximum Gasteiger partial charge on any atom is 0.226 e. The van der Waals surface area contributed by atoms with Crippen LogP contribution < -0.4 is 10.6 Å². The predicted octanol–water partition coefficient (Wildman–Crippen LogP) is 1.31. The van der Waals surface area contributed by atoms with Crippen molar-refractivity contribution in [2.45, 2.75) is 45.6 Å². The third-order valence-corrected chi connectivity index (χ3v) is 3.60. The number of amides is 1. The van der Waals surface area contributed by atoms with Crippen molar-refractivity contribution < 1.29 is 9.53 Å². The quantitative estimate of drug-likeness (QED) is 0.738. The highest BCUT2D eigenvalue weighted by Crippen LogP contribution is 2.28. The zero-order valence-corrected chi connectivity index (χ0v) is 11.3. The first-order chi connectivity index (χ1) is 8.12. The lowest BCUT2D eigenvalue weighted by Crippen LogP contribution is -2.49. The van der Waals surface area contributed by atoms with Gasteiger partial charge in [0.15, 0.2) is 0 Å². The fourth-order valence-corrected chi connectivity index (χ4v) is 2.31. The van der Waals surface area contributed by atoms with Crippen molar-refractivity contribution in [3.8, 4) is 0 Å². The van der Waals surface area contributed by atoms with E-state index in [0.717, 1.165) is 38.8 Å². The van der Waals surface area contributed by atoms with Gasteiger partial charge in [0, 0.05) is 12.5 Å². The topological polar surface area (TPSA) is 50.4 Å². The molecule has 1 aliphatic rings. The molecule has 17 heavy (non-hydrogen) atoms. The molecule has 0 aromatic heterocycles. The molecule has 2 N–H and O–H groups in total. The van der Waals surface area contributed by atoms with Gasteiger partial charge in [-0.3, -0.25) is 4.79 Å². The van der Waals surface area contributed by atoms with Crippen LogP contribution in [0.2, 0.25) is 0 Å². The average molecular weight is 242 g/mol. The summed E-state index contributed by atoms with van der Waals surface area (Å²) in [7, 11) is 1.68. The Kier molecular flexibility index (Phi) is 5.92. The third-order valence-electron chi connectivity index (χ3n) is 3.60. The van der Waals surface area contributed by atoms with Gasteiger partial charge in [-0.05, 0) is 32.4 Å². The van der Waals surface area contributed by atoms with Crippen LogP contribution in [0.3, 0.4) is 0 Å². The van der Waals surface area contributed by atoms with E-state index in [1.807, 2.05) is 0 Å². The van der Waals surface area contributed by atoms with Crippen LogP contribution in [0.15, 0.2) is 0 Å². The zero-order chi connectivity index (χ0) is 12.7. The summed E-state index contributed by atoms with van der Waals surface area (Å²) in [5.74, 6) is 0.189. The van der Waals surface area contributed by atoms with E-state index in [2.05, 4.69) is 24.5 Å². The van der Waals surface area contributed by atoms with Crippen LogP contribution in [0.1, 0.15) is 39.5 Å². The molecule has 100 valence electrons. The molecule has 1 aliphatic heterocycles. The van der Waals surface area contributed by atoms with E-state index in [4.69, 9.17) is 4.74 Å². The molecule has 1 atom stereocenters. The smallest absolute Gasteiger partial charge is 0.226 e. The van der Waals surface area contributed by atoms with Crippen LogP contribution in [0, 0.1) is 5.41 Å². The van der Waals surface area contributed by atoms with Crippen LogP contribution >= 0.6 is 0 Å². The fraction of sp³-hybridized carbons (Fsp3) is 0.923. The van der Waals surface area contributed by atoms with Crippen molar-refractivity contribution in [1.82, 2.24) is 10.6 Å². The minimum absolute atomic E-state index is 0.157. The van der Waals surface area contributed by atoms with Crippen LogP contribution in [-0.4, -0.2) is 38.8 Å². The SMILES string of the molecule is CCCC(COC)NC(=O)C1(C)CCNCC1. The normalized spacial score (nSPS) is 20.9. The highest BCUT2D eigenvalue weighted by Gasteiger charge is 2.35. The van der Waals surface area contributed by atoms with Gasteiger partial charge >= 0.3 is 0 Å². The summed E-state index contributed by atoms with van der Waals surface area (Å²) in [6.07, 6.45) is 3.88. The molecule has 0 aromatic rings. The first kappa shape index (κ1) is 14.5. The summed E-state index contributed by atoms with van der Waals surface area (Å²) in [6, 6.07) is 0.157. The maximum atomic E-state index is 12.3. The molecule has 0 aromatic carbocycles. The molecule has 0 bridgehead atoms. The van der Waals surface area contributed by atoms with Gasteiger partial charge in [0.25, 0.3) is 0 Å². The van der Waals surface area contributed by atoms with E-state index in [-0.39, 0.29) is 17.4 Å². The number of piperidine rings is 1. The van der Waals surface area contributed by atoms with Crippen molar-refractivity contribution >= 4 is 5.91 Å². The Morgan fingerprint density at radius 3 is 2.65 bits per heavy atom. The van der Waals surface area contributed by atoms with Gasteiger partial charge in [-0.15, -0.1) is 0 Å². The Balaban J connectivity index is 2.49. The van der Waals surface area contributed by atoms with Gasteiger partial charge in [-0.2, -0.15) is 0 Å². The number of hydrogen-bond acceptors (Lipinski definition) is 3. The zero-order valence-electron chi connectivity index (χ0n) is 11.3. The Morgan fingerprint density at radius 2 is 2.12 bits per heavy atom. The van der Waals surface area contributed by atoms with Gasteiger partial charge in [-0.25, -0.2) is 0 Å². The van der Waals surface area contributed by atoms with Gasteiger partial charge in [0.05, 0.1) is 12.6 Å². The van der Waals surface area contributed by atoms with Gasteiger partial charge in [0.2, 0.25) is 5.91 Å². The third kappa shape index (κ3) is 4.28. The number of methoxy groups -OCH3 is 1. The first-order valence-corrected chi connectivity index (χ1v) is 6.63. The number of carbonyl (C=O) groups excluding carboxylic acids is 1. The second kappa shape index (κ2) is 6.97. The molecule has 0 spiro atoms. The van der Waals surface area contributed by atoms with Crippen molar-refractivity contribution in [3.63, 3.8) is 0 Å². The van der Waals surface area contributed by atoms with E-state index in [9.17, 15) is 4.79 Å². The minimum atomic E-state index is -0.203. The summed E-state index contributed by atoms with van der Waals surface area (Å²) < 4.78 is 5.15. The summed E-state index contributed by atoms with van der Waals surface area (Å²) in [4.78, 5) is 12.3. The van der Waals surface area contributed by atoms with E-state index in [1.54, 1.807) is 7.11 Å². The molecule has 1 unspecified atom stereocenters. The van der Waals surface area contributed by atoms with E-state index in [1.165, 1.54) is 0 Å². The lowest BCUT2D eigenvalue weighted by molar-refractivity contribution is -0.132. The highest BCUT2D eigenvalue weighted by molar-refractivity contribution is 5.82. The number of hydrogen-bond donors (Lipinski definition) is 2. The molecule has 1 fully saturated rings. The lowest BCUT2D eigenvalue weighted by Gasteiger charge is -2.34. The molecule has 4 heteroatoms. The van der Waals surface area contributed by atoms with Gasteiger partial charge in [-0.1, -0.05) is 20.3 Å². The maximum absolute atomic E-state index is 12.3. The molecular weight excluding hydrogens is 216 g/mol. The number of ether oxygens (including phenoxy) is 1. The largest absolute Gasteiger partial charge is 0.383 e. The molecule has 1 amide bonds. The lowest BCUT2D eigenvalue weighted by atomic mass is 9.80. The molecule has 4 nitrogen and oxygen atoms in total. The van der Waals surface area contributed by atoms with E-state index < -0.39 is 0 Å². The first-order valence-electron chi connectivity index (χ1n) is 6.63. The predicted molar refractivity (Wildman–Crippen MR) is 68.9 cm³/mol. The van der Waals surface area contributed by atoms with E-state index in [0.29, 0.717) is 6.61 Å². The number of carbonyl (C=O) groups is 1. The Hall–Kier alpha value is -0.610. The second-order valence-electron chi connectivity index (χ2n) is 5.23. The summed E-state index contributed by atoms with van der Waals surface area (Å²) in [5, 5.41) is 6.43. The van der Waals surface area contributed by atoms with E-state index >= 15 is 0 Å². The van der Waals surface area contributed by atoms with Crippen LogP contribution in [0.25, 0.3) is 0 Å². The van der Waals surface area contributed by atoms with Crippen LogP contribution in [-0.2, 0) is 9.53 Å². The van der Waals surface area contributed by atoms with Crippen molar-refractivity contribution in [3.05, 3.63) is 0 Å². The Bertz CT molecular complexity index is 232. The fourth-order valence-electron chi connectivity index (χ4n) is 2.31. The van der Waals surface area contributed by atoms with Crippen molar-refractivity contribution in [1.29, 1.82) is 0 Å². The van der Waals surface area contributed by atoms with Gasteiger partial charge in [0.1, 0.15) is 0 Å². The molecular formula is C13H26N2O2. The summed E-state index contributed by atoms with van der Waals surface area (Å²) in [5.41, 5.74) is -0.203. The van der Waals surface area contributed by atoms with Crippen LogP contribution in [0.5, 0.6) is 0 Å². The van der Waals surface area contributed by atoms with Crippen LogP contribution in [0.4, 0.5) is 0 Å². The average Bonchev–Trinajstić information content (AvgIpc) is 2.30.